The lowest BCUT2D eigenvalue weighted by Gasteiger charge is -2.04. The van der Waals surface area contributed by atoms with E-state index in [2.05, 4.69) is 0 Å². The number of carbonyl (C=O) groups excluding carboxylic acids is 1. The first-order valence-electron chi connectivity index (χ1n) is 4.15. The Balaban J connectivity index is 2.19. The molecule has 1 aromatic rings. The van der Waals surface area contributed by atoms with Gasteiger partial charge >= 0.3 is 5.51 Å². The normalized spacial score (nSPS) is 13.9. The van der Waals surface area contributed by atoms with Crippen LogP contribution in [-0.4, -0.2) is 17.4 Å². The molecule has 0 spiro atoms. The first-order valence-corrected chi connectivity index (χ1v) is 4.97. The average Bonchev–Trinajstić information content (AvgIpc) is 2.61. The smallest absolute Gasteiger partial charge is 0.449 e. The highest BCUT2D eigenvalue weighted by Gasteiger charge is 2.33. The zero-order valence-corrected chi connectivity index (χ0v) is 8.52. The Morgan fingerprint density at radius 1 is 1.25 bits per heavy atom. The third-order valence-corrected chi connectivity index (χ3v) is 2.47. The zero-order valence-electron chi connectivity index (χ0n) is 7.71. The molecule has 0 aliphatic carbocycles. The lowest BCUT2D eigenvalue weighted by Crippen LogP contribution is -2.06. The van der Waals surface area contributed by atoms with E-state index >= 15 is 0 Å². The maximum absolute atomic E-state index is 12.0. The van der Waals surface area contributed by atoms with E-state index in [1.165, 1.54) is 18.2 Å². The molecule has 1 heterocycles. The number of alkyl halides is 3. The molecule has 0 fully saturated rings. The van der Waals surface area contributed by atoms with Gasteiger partial charge in [0, 0.05) is 17.3 Å². The van der Waals surface area contributed by atoms with E-state index in [-0.39, 0.29) is 18.1 Å². The molecule has 16 heavy (non-hydrogen) atoms. The maximum atomic E-state index is 12.0. The SMILES string of the molecule is O=C(SC(F)(F)F)c1ccc2c(c1)OCO2. The van der Waals surface area contributed by atoms with Crippen LogP contribution in [0.1, 0.15) is 10.4 Å². The maximum Gasteiger partial charge on any atom is 0.449 e. The summed E-state index contributed by atoms with van der Waals surface area (Å²) in [6, 6.07) is 3.92. The van der Waals surface area contributed by atoms with Gasteiger partial charge in [-0.3, -0.25) is 4.79 Å². The van der Waals surface area contributed by atoms with E-state index < -0.39 is 22.4 Å². The van der Waals surface area contributed by atoms with Crippen LogP contribution in [0, 0.1) is 0 Å². The molecule has 1 aliphatic rings. The summed E-state index contributed by atoms with van der Waals surface area (Å²) in [5, 5.41) is -1.06. The highest BCUT2D eigenvalue weighted by Crippen LogP contribution is 2.37. The zero-order chi connectivity index (χ0) is 11.8. The van der Waals surface area contributed by atoms with E-state index in [0.29, 0.717) is 5.75 Å². The molecular formula is C9H5F3O3S. The first-order chi connectivity index (χ1) is 7.46. The number of rotatable bonds is 1. The summed E-state index contributed by atoms with van der Waals surface area (Å²) in [7, 11) is 0. The molecule has 86 valence electrons. The monoisotopic (exact) mass is 250 g/mol. The molecule has 2 rings (SSSR count). The minimum Gasteiger partial charge on any atom is -0.454 e. The number of fused-ring (bicyclic) bond motifs is 1. The second kappa shape index (κ2) is 3.89. The Labute approximate surface area is 92.5 Å². The number of hydrogen-bond donors (Lipinski definition) is 0. The van der Waals surface area contributed by atoms with Gasteiger partial charge in [0.25, 0.3) is 0 Å². The van der Waals surface area contributed by atoms with E-state index in [0.717, 1.165) is 0 Å². The molecule has 0 bridgehead atoms. The fourth-order valence-electron chi connectivity index (χ4n) is 1.19. The third kappa shape index (κ3) is 2.41. The van der Waals surface area contributed by atoms with Gasteiger partial charge in [0.2, 0.25) is 11.9 Å². The average molecular weight is 250 g/mol. The Hall–Kier alpha value is -1.37. The summed E-state index contributed by atoms with van der Waals surface area (Å²) >= 11 is -0.680. The Morgan fingerprint density at radius 3 is 2.62 bits per heavy atom. The van der Waals surface area contributed by atoms with Crippen LogP contribution in [0.15, 0.2) is 18.2 Å². The van der Waals surface area contributed by atoms with E-state index in [1.54, 1.807) is 0 Å². The number of halogens is 3. The van der Waals surface area contributed by atoms with Gasteiger partial charge in [-0.05, 0) is 18.2 Å². The molecule has 0 saturated carbocycles. The van der Waals surface area contributed by atoms with E-state index in [1.807, 2.05) is 0 Å². The minimum atomic E-state index is -4.58. The van der Waals surface area contributed by atoms with Gasteiger partial charge in [-0.2, -0.15) is 13.2 Å². The topological polar surface area (TPSA) is 35.5 Å². The predicted octanol–water partition coefficient (Wildman–Crippen LogP) is 2.81. The molecule has 0 N–H and O–H groups in total. The summed E-state index contributed by atoms with van der Waals surface area (Å²) in [5.41, 5.74) is -4.64. The Bertz CT molecular complexity index is 430. The summed E-state index contributed by atoms with van der Waals surface area (Å²) in [6.07, 6.45) is 0. The van der Waals surface area contributed by atoms with Crippen molar-refractivity contribution in [1.82, 2.24) is 0 Å². The molecule has 0 amide bonds. The molecule has 7 heteroatoms. The number of benzene rings is 1. The summed E-state index contributed by atoms with van der Waals surface area (Å²) < 4.78 is 45.8. The van der Waals surface area contributed by atoms with Crippen LogP contribution in [0.2, 0.25) is 0 Å². The van der Waals surface area contributed by atoms with Crippen LogP contribution in [0.5, 0.6) is 11.5 Å². The molecule has 0 aromatic heterocycles. The standard InChI is InChI=1S/C9H5F3O3S/c10-9(11,12)16-8(13)5-1-2-6-7(3-5)15-4-14-6/h1-3H,4H2. The summed E-state index contributed by atoms with van der Waals surface area (Å²) in [6.45, 7) is 0.0133. The largest absolute Gasteiger partial charge is 0.454 e. The van der Waals surface area contributed by atoms with Crippen molar-refractivity contribution < 1.29 is 27.4 Å². The van der Waals surface area contributed by atoms with Gasteiger partial charge in [-0.1, -0.05) is 0 Å². The van der Waals surface area contributed by atoms with Gasteiger partial charge in [0.05, 0.1) is 0 Å². The lowest BCUT2D eigenvalue weighted by atomic mass is 10.2. The molecule has 0 atom stereocenters. The molecule has 1 aromatic carbocycles. The van der Waals surface area contributed by atoms with Crippen LogP contribution >= 0.6 is 11.8 Å². The fourth-order valence-corrected chi connectivity index (χ4v) is 1.64. The predicted molar refractivity (Wildman–Crippen MR) is 50.5 cm³/mol. The van der Waals surface area contributed by atoms with Crippen LogP contribution in [0.3, 0.4) is 0 Å². The molecule has 0 radical (unpaired) electrons. The van der Waals surface area contributed by atoms with Crippen LogP contribution in [-0.2, 0) is 0 Å². The second-order valence-corrected chi connectivity index (χ2v) is 3.94. The number of carbonyl (C=O) groups is 1. The number of thioether (sulfide) groups is 1. The van der Waals surface area contributed by atoms with Crippen LogP contribution in [0.4, 0.5) is 13.2 Å². The molecule has 0 saturated heterocycles. The van der Waals surface area contributed by atoms with Gasteiger partial charge in [-0.25, -0.2) is 0 Å². The second-order valence-electron chi connectivity index (χ2n) is 2.90. The molecule has 1 aliphatic heterocycles. The Morgan fingerprint density at radius 2 is 1.94 bits per heavy atom. The van der Waals surface area contributed by atoms with Crippen LogP contribution < -0.4 is 9.47 Å². The van der Waals surface area contributed by atoms with Crippen molar-refractivity contribution in [2.45, 2.75) is 5.51 Å². The highest BCUT2D eigenvalue weighted by molar-refractivity contribution is 8.14. The van der Waals surface area contributed by atoms with Gasteiger partial charge in [-0.15, -0.1) is 0 Å². The third-order valence-electron chi connectivity index (χ3n) is 1.82. The lowest BCUT2D eigenvalue weighted by molar-refractivity contribution is -0.0322. The van der Waals surface area contributed by atoms with Crippen molar-refractivity contribution in [2.75, 3.05) is 6.79 Å². The quantitative estimate of drug-likeness (QED) is 0.767. The number of hydrogen-bond acceptors (Lipinski definition) is 4. The minimum absolute atomic E-state index is 0.0133. The van der Waals surface area contributed by atoms with Gasteiger partial charge < -0.3 is 9.47 Å². The highest BCUT2D eigenvalue weighted by atomic mass is 32.2. The summed E-state index contributed by atoms with van der Waals surface area (Å²) in [4.78, 5) is 11.2. The van der Waals surface area contributed by atoms with Crippen molar-refractivity contribution in [3.8, 4) is 11.5 Å². The van der Waals surface area contributed by atoms with Crippen molar-refractivity contribution in [1.29, 1.82) is 0 Å². The first kappa shape index (κ1) is 11.1. The Kier molecular flexibility index (Phi) is 2.71. The van der Waals surface area contributed by atoms with E-state index in [9.17, 15) is 18.0 Å². The van der Waals surface area contributed by atoms with Crippen molar-refractivity contribution in [3.05, 3.63) is 23.8 Å². The van der Waals surface area contributed by atoms with Crippen molar-refractivity contribution in [3.63, 3.8) is 0 Å². The van der Waals surface area contributed by atoms with Crippen molar-refractivity contribution in [2.24, 2.45) is 0 Å². The van der Waals surface area contributed by atoms with Gasteiger partial charge in [0.15, 0.2) is 11.5 Å². The molecular weight excluding hydrogens is 245 g/mol. The van der Waals surface area contributed by atoms with Crippen LogP contribution in [0.25, 0.3) is 0 Å². The fraction of sp³-hybridized carbons (Fsp3) is 0.222. The van der Waals surface area contributed by atoms with Crippen molar-refractivity contribution >= 4 is 16.9 Å². The number of ether oxygens (including phenoxy) is 2. The van der Waals surface area contributed by atoms with Gasteiger partial charge in [0.1, 0.15) is 0 Å². The van der Waals surface area contributed by atoms with E-state index in [4.69, 9.17) is 9.47 Å². The summed E-state index contributed by atoms with van der Waals surface area (Å²) in [5.74, 6) is 0.710. The molecule has 0 unspecified atom stereocenters. The molecule has 3 nitrogen and oxygen atoms in total.